The van der Waals surface area contributed by atoms with Crippen LogP contribution in [0.25, 0.3) is 0 Å². The van der Waals surface area contributed by atoms with Crippen molar-refractivity contribution in [3.63, 3.8) is 0 Å². The molecule has 2 aromatic rings. The average Bonchev–Trinajstić information content (AvgIpc) is 2.48. The van der Waals surface area contributed by atoms with Crippen LogP contribution in [0.15, 0.2) is 42.6 Å². The van der Waals surface area contributed by atoms with E-state index < -0.39 is 0 Å². The second kappa shape index (κ2) is 6.99. The molecule has 21 heavy (non-hydrogen) atoms. The SMILES string of the molecule is CCNC(C)c1cccc(NC(=O)c2ncccc2C)c1. The van der Waals surface area contributed by atoms with Crippen molar-refractivity contribution in [1.82, 2.24) is 10.3 Å². The van der Waals surface area contributed by atoms with Crippen LogP contribution < -0.4 is 10.6 Å². The fourth-order valence-electron chi connectivity index (χ4n) is 2.22. The highest BCUT2D eigenvalue weighted by atomic mass is 16.1. The summed E-state index contributed by atoms with van der Waals surface area (Å²) in [6.45, 7) is 6.97. The summed E-state index contributed by atoms with van der Waals surface area (Å²) in [6, 6.07) is 11.8. The minimum atomic E-state index is -0.179. The molecule has 0 aliphatic heterocycles. The first-order valence-corrected chi connectivity index (χ1v) is 7.18. The summed E-state index contributed by atoms with van der Waals surface area (Å²) in [5.41, 5.74) is 3.26. The van der Waals surface area contributed by atoms with Crippen LogP contribution in [0.3, 0.4) is 0 Å². The number of pyridine rings is 1. The minimum Gasteiger partial charge on any atom is -0.321 e. The number of nitrogens with zero attached hydrogens (tertiary/aromatic N) is 1. The third-order valence-corrected chi connectivity index (χ3v) is 3.38. The number of nitrogens with one attached hydrogen (secondary N) is 2. The fraction of sp³-hybridized carbons (Fsp3) is 0.294. The van der Waals surface area contributed by atoms with Gasteiger partial charge in [0.2, 0.25) is 0 Å². The maximum atomic E-state index is 12.3. The van der Waals surface area contributed by atoms with Crippen molar-refractivity contribution in [2.45, 2.75) is 26.8 Å². The van der Waals surface area contributed by atoms with Gasteiger partial charge in [-0.25, -0.2) is 0 Å². The normalized spacial score (nSPS) is 12.0. The molecule has 1 heterocycles. The van der Waals surface area contributed by atoms with E-state index >= 15 is 0 Å². The Morgan fingerprint density at radius 3 is 2.81 bits per heavy atom. The Hall–Kier alpha value is -2.20. The highest BCUT2D eigenvalue weighted by molar-refractivity contribution is 6.03. The van der Waals surface area contributed by atoms with E-state index in [-0.39, 0.29) is 11.9 Å². The number of hydrogen-bond donors (Lipinski definition) is 2. The van der Waals surface area contributed by atoms with Gasteiger partial charge in [-0.2, -0.15) is 0 Å². The van der Waals surface area contributed by atoms with Crippen LogP contribution in [0.5, 0.6) is 0 Å². The van der Waals surface area contributed by atoms with Crippen LogP contribution in [0.2, 0.25) is 0 Å². The Kier molecular flexibility index (Phi) is 5.06. The molecule has 0 bridgehead atoms. The van der Waals surface area contributed by atoms with Crippen LogP contribution in [0, 0.1) is 6.92 Å². The van der Waals surface area contributed by atoms with Gasteiger partial charge in [-0.05, 0) is 49.7 Å². The molecule has 1 atom stereocenters. The van der Waals surface area contributed by atoms with Gasteiger partial charge >= 0.3 is 0 Å². The molecule has 2 rings (SSSR count). The van der Waals surface area contributed by atoms with Crippen molar-refractivity contribution in [1.29, 1.82) is 0 Å². The molecular weight excluding hydrogens is 262 g/mol. The topological polar surface area (TPSA) is 54.0 Å². The Morgan fingerprint density at radius 2 is 2.10 bits per heavy atom. The lowest BCUT2D eigenvalue weighted by Crippen LogP contribution is -2.18. The van der Waals surface area contributed by atoms with E-state index in [9.17, 15) is 4.79 Å². The maximum absolute atomic E-state index is 12.3. The Labute approximate surface area is 125 Å². The predicted octanol–water partition coefficient (Wildman–Crippen LogP) is 3.31. The molecule has 0 saturated heterocycles. The zero-order valence-electron chi connectivity index (χ0n) is 12.7. The second-order valence-corrected chi connectivity index (χ2v) is 5.03. The van der Waals surface area contributed by atoms with Crippen LogP contribution in [-0.2, 0) is 0 Å². The number of anilines is 1. The summed E-state index contributed by atoms with van der Waals surface area (Å²) in [5.74, 6) is -0.179. The first-order valence-electron chi connectivity index (χ1n) is 7.18. The molecule has 0 radical (unpaired) electrons. The van der Waals surface area contributed by atoms with Crippen molar-refractivity contribution in [3.8, 4) is 0 Å². The monoisotopic (exact) mass is 283 g/mol. The lowest BCUT2D eigenvalue weighted by atomic mass is 10.1. The zero-order chi connectivity index (χ0) is 15.2. The van der Waals surface area contributed by atoms with Gasteiger partial charge in [0.1, 0.15) is 5.69 Å². The Bertz CT molecular complexity index is 625. The molecule has 1 aromatic heterocycles. The van der Waals surface area contributed by atoms with Crippen molar-refractivity contribution in [2.75, 3.05) is 11.9 Å². The summed E-state index contributed by atoms with van der Waals surface area (Å²) in [5, 5.41) is 6.27. The minimum absolute atomic E-state index is 0.179. The third-order valence-electron chi connectivity index (χ3n) is 3.38. The van der Waals surface area contributed by atoms with Crippen molar-refractivity contribution >= 4 is 11.6 Å². The first-order chi connectivity index (χ1) is 10.1. The highest BCUT2D eigenvalue weighted by Crippen LogP contribution is 2.18. The predicted molar refractivity (Wildman–Crippen MR) is 85.5 cm³/mol. The molecule has 0 fully saturated rings. The number of aryl methyl sites for hydroxylation is 1. The van der Waals surface area contributed by atoms with Crippen LogP contribution >= 0.6 is 0 Å². The van der Waals surface area contributed by atoms with Crippen molar-refractivity contribution < 1.29 is 4.79 Å². The molecule has 4 heteroatoms. The van der Waals surface area contributed by atoms with E-state index in [1.807, 2.05) is 37.3 Å². The van der Waals surface area contributed by atoms with Crippen LogP contribution in [0.1, 0.15) is 41.5 Å². The molecule has 110 valence electrons. The smallest absolute Gasteiger partial charge is 0.274 e. The first kappa shape index (κ1) is 15.2. The van der Waals surface area contributed by atoms with E-state index in [1.54, 1.807) is 6.20 Å². The third kappa shape index (κ3) is 3.89. The summed E-state index contributed by atoms with van der Waals surface area (Å²) in [6.07, 6.45) is 1.63. The molecule has 1 unspecified atom stereocenters. The number of carbonyl (C=O) groups is 1. The van der Waals surface area contributed by atoms with E-state index in [2.05, 4.69) is 35.5 Å². The summed E-state index contributed by atoms with van der Waals surface area (Å²) >= 11 is 0. The second-order valence-electron chi connectivity index (χ2n) is 5.03. The molecule has 2 N–H and O–H groups in total. The number of benzene rings is 1. The quantitative estimate of drug-likeness (QED) is 0.885. The standard InChI is InChI=1S/C17H21N3O/c1-4-18-13(3)14-8-5-9-15(11-14)20-17(21)16-12(2)7-6-10-19-16/h5-11,13,18H,4H2,1-3H3,(H,20,21). The molecule has 0 saturated carbocycles. The highest BCUT2D eigenvalue weighted by Gasteiger charge is 2.11. The van der Waals surface area contributed by atoms with Crippen LogP contribution in [0.4, 0.5) is 5.69 Å². The van der Waals surface area contributed by atoms with Gasteiger partial charge in [0, 0.05) is 17.9 Å². The van der Waals surface area contributed by atoms with Gasteiger partial charge in [0.25, 0.3) is 5.91 Å². The zero-order valence-corrected chi connectivity index (χ0v) is 12.7. The summed E-state index contributed by atoms with van der Waals surface area (Å²) in [4.78, 5) is 16.4. The summed E-state index contributed by atoms with van der Waals surface area (Å²) < 4.78 is 0. The van der Waals surface area contributed by atoms with Gasteiger partial charge in [-0.15, -0.1) is 0 Å². The van der Waals surface area contributed by atoms with Gasteiger partial charge in [-0.1, -0.05) is 25.1 Å². The van der Waals surface area contributed by atoms with Gasteiger partial charge in [0.05, 0.1) is 0 Å². The number of carbonyl (C=O) groups excluding carboxylic acids is 1. The number of hydrogen-bond acceptors (Lipinski definition) is 3. The molecule has 1 amide bonds. The average molecular weight is 283 g/mol. The van der Waals surface area contributed by atoms with E-state index in [1.165, 1.54) is 0 Å². The Morgan fingerprint density at radius 1 is 1.29 bits per heavy atom. The maximum Gasteiger partial charge on any atom is 0.274 e. The molecule has 0 aliphatic rings. The molecule has 4 nitrogen and oxygen atoms in total. The lowest BCUT2D eigenvalue weighted by Gasteiger charge is -2.14. The van der Waals surface area contributed by atoms with E-state index in [4.69, 9.17) is 0 Å². The molecule has 1 aromatic carbocycles. The molecule has 0 spiro atoms. The number of aromatic nitrogens is 1. The number of amides is 1. The van der Waals surface area contributed by atoms with Gasteiger partial charge < -0.3 is 10.6 Å². The van der Waals surface area contributed by atoms with E-state index in [0.29, 0.717) is 5.69 Å². The van der Waals surface area contributed by atoms with Crippen molar-refractivity contribution in [2.24, 2.45) is 0 Å². The van der Waals surface area contributed by atoms with Gasteiger partial charge in [-0.3, -0.25) is 9.78 Å². The lowest BCUT2D eigenvalue weighted by molar-refractivity contribution is 0.102. The Balaban J connectivity index is 2.15. The molecular formula is C17H21N3O. The van der Waals surface area contributed by atoms with Crippen LogP contribution in [-0.4, -0.2) is 17.4 Å². The largest absolute Gasteiger partial charge is 0.321 e. The fourth-order valence-corrected chi connectivity index (χ4v) is 2.22. The summed E-state index contributed by atoms with van der Waals surface area (Å²) in [7, 11) is 0. The van der Waals surface area contributed by atoms with Gasteiger partial charge in [0.15, 0.2) is 0 Å². The number of rotatable bonds is 5. The van der Waals surface area contributed by atoms with E-state index in [0.717, 1.165) is 23.4 Å². The molecule has 0 aliphatic carbocycles. The van der Waals surface area contributed by atoms with Crippen molar-refractivity contribution in [3.05, 3.63) is 59.4 Å².